The van der Waals surface area contributed by atoms with E-state index in [1.165, 1.54) is 16.9 Å². The predicted octanol–water partition coefficient (Wildman–Crippen LogP) is 1.79. The van der Waals surface area contributed by atoms with E-state index < -0.39 is 4.92 Å². The molecule has 132 valence electrons. The highest BCUT2D eigenvalue weighted by molar-refractivity contribution is 6.30. The van der Waals surface area contributed by atoms with Crippen molar-refractivity contribution >= 4 is 23.3 Å². The zero-order valence-electron chi connectivity index (χ0n) is 13.5. The molecule has 1 aromatic carbocycles. The van der Waals surface area contributed by atoms with Crippen LogP contribution >= 0.6 is 11.6 Å². The van der Waals surface area contributed by atoms with Gasteiger partial charge < -0.3 is 15.0 Å². The first-order valence-electron chi connectivity index (χ1n) is 7.94. The summed E-state index contributed by atoms with van der Waals surface area (Å²) in [6, 6.07) is 9.05. The molecule has 0 radical (unpaired) electrons. The van der Waals surface area contributed by atoms with Gasteiger partial charge in [-0.15, -0.1) is 0 Å². The maximum absolute atomic E-state index is 12.3. The van der Waals surface area contributed by atoms with Crippen LogP contribution < -0.4 is 0 Å². The Morgan fingerprint density at radius 1 is 1.24 bits per heavy atom. The topological polar surface area (TPSA) is 84.5 Å². The summed E-state index contributed by atoms with van der Waals surface area (Å²) in [6.45, 7) is 3.62. The fourth-order valence-corrected chi connectivity index (χ4v) is 3.04. The first-order valence-corrected chi connectivity index (χ1v) is 8.31. The standard InChI is InChI=1S/C16H18ClN5O3/c17-14-3-1-2-13(10-14)11-19-6-8-20(9-7-19)16(23)12-21-5-4-15(18-21)22(24)25/h1-5,10H,6-9,11-12H2. The summed E-state index contributed by atoms with van der Waals surface area (Å²) in [6.07, 6.45) is 1.45. The quantitative estimate of drug-likeness (QED) is 0.597. The van der Waals surface area contributed by atoms with Gasteiger partial charge >= 0.3 is 5.82 Å². The lowest BCUT2D eigenvalue weighted by atomic mass is 10.2. The maximum atomic E-state index is 12.3. The highest BCUT2D eigenvalue weighted by Crippen LogP contribution is 2.14. The van der Waals surface area contributed by atoms with Crippen LogP contribution in [0.3, 0.4) is 0 Å². The van der Waals surface area contributed by atoms with Crippen molar-refractivity contribution in [3.8, 4) is 0 Å². The van der Waals surface area contributed by atoms with E-state index in [-0.39, 0.29) is 18.3 Å². The molecule has 0 bridgehead atoms. The van der Waals surface area contributed by atoms with Gasteiger partial charge in [-0.1, -0.05) is 23.7 Å². The van der Waals surface area contributed by atoms with Gasteiger partial charge in [0.2, 0.25) is 5.91 Å². The Balaban J connectivity index is 1.49. The number of hydrogen-bond acceptors (Lipinski definition) is 5. The average molecular weight is 364 g/mol. The van der Waals surface area contributed by atoms with Gasteiger partial charge in [-0.25, -0.2) is 0 Å². The highest BCUT2D eigenvalue weighted by Gasteiger charge is 2.23. The smallest absolute Gasteiger partial charge is 0.358 e. The molecule has 0 atom stereocenters. The number of piperazine rings is 1. The zero-order chi connectivity index (χ0) is 17.8. The number of hydrogen-bond donors (Lipinski definition) is 0. The van der Waals surface area contributed by atoms with Gasteiger partial charge in [0, 0.05) is 37.7 Å². The van der Waals surface area contributed by atoms with Crippen molar-refractivity contribution in [2.24, 2.45) is 0 Å². The third-order valence-corrected chi connectivity index (χ3v) is 4.37. The fraction of sp³-hybridized carbons (Fsp3) is 0.375. The number of benzene rings is 1. The summed E-state index contributed by atoms with van der Waals surface area (Å²) in [5.74, 6) is -0.334. The van der Waals surface area contributed by atoms with Gasteiger partial charge in [-0.05, 0) is 22.6 Å². The Hall–Kier alpha value is -2.45. The normalized spacial score (nSPS) is 15.3. The van der Waals surface area contributed by atoms with E-state index >= 15 is 0 Å². The molecule has 3 rings (SSSR count). The predicted molar refractivity (Wildman–Crippen MR) is 92.2 cm³/mol. The summed E-state index contributed by atoms with van der Waals surface area (Å²) in [7, 11) is 0. The van der Waals surface area contributed by atoms with Gasteiger partial charge in [0.1, 0.15) is 6.54 Å². The molecule has 0 saturated carbocycles. The zero-order valence-corrected chi connectivity index (χ0v) is 14.3. The number of nitrogens with zero attached hydrogens (tertiary/aromatic N) is 5. The van der Waals surface area contributed by atoms with Crippen molar-refractivity contribution in [1.82, 2.24) is 19.6 Å². The minimum atomic E-state index is -0.574. The summed E-state index contributed by atoms with van der Waals surface area (Å²) in [4.78, 5) is 26.4. The minimum absolute atomic E-state index is 0.0160. The molecule has 1 fully saturated rings. The summed E-state index contributed by atoms with van der Waals surface area (Å²) >= 11 is 6.00. The molecule has 25 heavy (non-hydrogen) atoms. The molecule has 0 spiro atoms. The lowest BCUT2D eigenvalue weighted by Gasteiger charge is -2.34. The molecule has 1 aliphatic heterocycles. The molecule has 1 aliphatic rings. The van der Waals surface area contributed by atoms with E-state index in [2.05, 4.69) is 10.00 Å². The van der Waals surface area contributed by atoms with Crippen LogP contribution in [-0.4, -0.2) is 56.6 Å². The van der Waals surface area contributed by atoms with Crippen molar-refractivity contribution < 1.29 is 9.72 Å². The number of aromatic nitrogens is 2. The number of rotatable bonds is 5. The Labute approximate surface area is 149 Å². The second-order valence-corrected chi connectivity index (χ2v) is 6.35. The van der Waals surface area contributed by atoms with Crippen LogP contribution in [0.25, 0.3) is 0 Å². The summed E-state index contributed by atoms with van der Waals surface area (Å²) in [5.41, 5.74) is 1.15. The largest absolute Gasteiger partial charge is 0.389 e. The first kappa shape index (κ1) is 17.4. The third kappa shape index (κ3) is 4.55. The van der Waals surface area contributed by atoms with Crippen molar-refractivity contribution in [1.29, 1.82) is 0 Å². The molecule has 0 aliphatic carbocycles. The Morgan fingerprint density at radius 3 is 2.64 bits per heavy atom. The van der Waals surface area contributed by atoms with E-state index in [0.29, 0.717) is 13.1 Å². The number of carbonyl (C=O) groups excluding carboxylic acids is 1. The van der Waals surface area contributed by atoms with Crippen LogP contribution in [0.5, 0.6) is 0 Å². The van der Waals surface area contributed by atoms with Crippen LogP contribution in [0.15, 0.2) is 36.5 Å². The molecule has 8 nitrogen and oxygen atoms in total. The van der Waals surface area contributed by atoms with E-state index in [9.17, 15) is 14.9 Å². The molecule has 2 aromatic rings. The van der Waals surface area contributed by atoms with Crippen LogP contribution in [0.4, 0.5) is 5.82 Å². The van der Waals surface area contributed by atoms with Gasteiger partial charge in [0.15, 0.2) is 0 Å². The lowest BCUT2D eigenvalue weighted by molar-refractivity contribution is -0.389. The first-order chi connectivity index (χ1) is 12.0. The van der Waals surface area contributed by atoms with E-state index in [1.807, 2.05) is 24.3 Å². The minimum Gasteiger partial charge on any atom is -0.358 e. The molecule has 1 saturated heterocycles. The lowest BCUT2D eigenvalue weighted by Crippen LogP contribution is -2.49. The van der Waals surface area contributed by atoms with Gasteiger partial charge in [-0.3, -0.25) is 9.69 Å². The molecule has 1 aromatic heterocycles. The van der Waals surface area contributed by atoms with Crippen molar-refractivity contribution in [2.45, 2.75) is 13.1 Å². The van der Waals surface area contributed by atoms with Crippen molar-refractivity contribution in [3.05, 3.63) is 57.2 Å². The fourth-order valence-electron chi connectivity index (χ4n) is 2.82. The van der Waals surface area contributed by atoms with Gasteiger partial charge in [0.05, 0.1) is 17.4 Å². The van der Waals surface area contributed by atoms with Crippen LogP contribution in [0, 0.1) is 10.1 Å². The summed E-state index contributed by atoms with van der Waals surface area (Å²) in [5, 5.41) is 15.1. The number of amides is 1. The van der Waals surface area contributed by atoms with Crippen molar-refractivity contribution in [2.75, 3.05) is 26.2 Å². The number of halogens is 1. The highest BCUT2D eigenvalue weighted by atomic mass is 35.5. The molecule has 1 amide bonds. The molecule has 0 N–H and O–H groups in total. The third-order valence-electron chi connectivity index (χ3n) is 4.13. The van der Waals surface area contributed by atoms with E-state index in [4.69, 9.17) is 11.6 Å². The van der Waals surface area contributed by atoms with Gasteiger partial charge in [-0.2, -0.15) is 4.68 Å². The van der Waals surface area contributed by atoms with E-state index in [0.717, 1.165) is 30.2 Å². The second kappa shape index (κ2) is 7.62. The van der Waals surface area contributed by atoms with Crippen LogP contribution in [0.2, 0.25) is 5.02 Å². The Bertz CT molecular complexity index is 771. The molecular weight excluding hydrogens is 346 g/mol. The van der Waals surface area contributed by atoms with Crippen LogP contribution in [-0.2, 0) is 17.9 Å². The number of carbonyl (C=O) groups is 1. The Morgan fingerprint density at radius 2 is 2.00 bits per heavy atom. The molecular formula is C16H18ClN5O3. The number of nitro groups is 1. The van der Waals surface area contributed by atoms with Gasteiger partial charge in [0.25, 0.3) is 0 Å². The second-order valence-electron chi connectivity index (χ2n) is 5.92. The van der Waals surface area contributed by atoms with Crippen molar-refractivity contribution in [3.63, 3.8) is 0 Å². The van der Waals surface area contributed by atoms with Crippen LogP contribution in [0.1, 0.15) is 5.56 Å². The molecule has 2 heterocycles. The van der Waals surface area contributed by atoms with E-state index in [1.54, 1.807) is 4.90 Å². The average Bonchev–Trinajstić information content (AvgIpc) is 3.04. The SMILES string of the molecule is O=C(Cn1ccc([N+](=O)[O-])n1)N1CCN(Cc2cccc(Cl)c2)CC1. The summed E-state index contributed by atoms with van der Waals surface area (Å²) < 4.78 is 1.30. The maximum Gasteiger partial charge on any atom is 0.389 e. The molecule has 0 unspecified atom stereocenters. The monoisotopic (exact) mass is 363 g/mol. The Kier molecular flexibility index (Phi) is 5.30. The molecule has 9 heteroatoms.